The quantitative estimate of drug-likeness (QED) is 0.127. The Balaban J connectivity index is 1.14. The monoisotopic (exact) mass is 712 g/mol. The molecule has 2 heterocycles. The lowest BCUT2D eigenvalue weighted by molar-refractivity contribution is 0.365. The van der Waals surface area contributed by atoms with E-state index in [-0.39, 0.29) is 5.41 Å². The molecule has 0 bridgehead atoms. The molecule has 0 aliphatic carbocycles. The van der Waals surface area contributed by atoms with E-state index in [4.69, 9.17) is 15.0 Å². The van der Waals surface area contributed by atoms with Crippen LogP contribution in [0.15, 0.2) is 109 Å². The van der Waals surface area contributed by atoms with E-state index in [1.165, 1.54) is 62.5 Å². The maximum absolute atomic E-state index is 4.98. The van der Waals surface area contributed by atoms with Gasteiger partial charge in [0.15, 0.2) is 17.5 Å². The van der Waals surface area contributed by atoms with Crippen LogP contribution in [-0.4, -0.2) is 19.5 Å². The molecular formula is C50H56N4. The Morgan fingerprint density at radius 3 is 1.65 bits per heavy atom. The highest BCUT2D eigenvalue weighted by Gasteiger charge is 2.21. The number of fused-ring (bicyclic) bond motifs is 3. The number of aromatic nitrogens is 4. The molecular weight excluding hydrogens is 657 g/mol. The van der Waals surface area contributed by atoms with E-state index in [0.29, 0.717) is 22.9 Å². The summed E-state index contributed by atoms with van der Waals surface area (Å²) >= 11 is 0. The summed E-state index contributed by atoms with van der Waals surface area (Å²) < 4.78 is 2.56. The Bertz CT molecular complexity index is 2340. The van der Waals surface area contributed by atoms with Crippen molar-refractivity contribution in [3.05, 3.63) is 137 Å². The summed E-state index contributed by atoms with van der Waals surface area (Å²) in [6.07, 6.45) is 6.74. The van der Waals surface area contributed by atoms with Crippen molar-refractivity contribution >= 4 is 21.8 Å². The minimum atomic E-state index is 0.144. The zero-order valence-electron chi connectivity index (χ0n) is 33.6. The van der Waals surface area contributed by atoms with Gasteiger partial charge in [0, 0.05) is 45.0 Å². The second-order valence-electron chi connectivity index (χ2n) is 17.2. The van der Waals surface area contributed by atoms with Crippen molar-refractivity contribution < 1.29 is 0 Å². The van der Waals surface area contributed by atoms with Gasteiger partial charge in [-0.3, -0.25) is 0 Å². The molecule has 0 radical (unpaired) electrons. The number of rotatable bonds is 12. The van der Waals surface area contributed by atoms with Gasteiger partial charge in [-0.05, 0) is 116 Å². The molecule has 276 valence electrons. The van der Waals surface area contributed by atoms with E-state index in [0.717, 1.165) is 48.9 Å². The van der Waals surface area contributed by atoms with Gasteiger partial charge in [0.25, 0.3) is 0 Å². The van der Waals surface area contributed by atoms with Crippen LogP contribution >= 0.6 is 0 Å². The van der Waals surface area contributed by atoms with Crippen LogP contribution in [0.5, 0.6) is 0 Å². The van der Waals surface area contributed by atoms with Crippen molar-refractivity contribution in [2.24, 2.45) is 5.41 Å². The van der Waals surface area contributed by atoms with E-state index >= 15 is 0 Å². The number of benzene rings is 5. The van der Waals surface area contributed by atoms with E-state index < -0.39 is 0 Å². The smallest absolute Gasteiger partial charge is 0.164 e. The highest BCUT2D eigenvalue weighted by molar-refractivity contribution is 6.08. The van der Waals surface area contributed by atoms with E-state index in [1.54, 1.807) is 0 Å². The van der Waals surface area contributed by atoms with Gasteiger partial charge in [0.1, 0.15) is 0 Å². The third-order valence-electron chi connectivity index (χ3n) is 11.2. The highest BCUT2D eigenvalue weighted by Crippen LogP contribution is 2.36. The molecule has 0 aliphatic rings. The van der Waals surface area contributed by atoms with Gasteiger partial charge in [0.2, 0.25) is 0 Å². The summed E-state index contributed by atoms with van der Waals surface area (Å²) in [5, 5.41) is 2.78. The third-order valence-corrected chi connectivity index (χ3v) is 11.2. The van der Waals surface area contributed by atoms with Gasteiger partial charge in [0.05, 0.1) is 0 Å². The predicted octanol–water partition coefficient (Wildman–Crippen LogP) is 13.3. The number of aryl methyl sites for hydroxylation is 5. The molecule has 4 heteroatoms. The topological polar surface area (TPSA) is 43.6 Å². The molecule has 7 aromatic rings. The van der Waals surface area contributed by atoms with Crippen LogP contribution in [0, 0.1) is 19.3 Å². The fraction of sp³-hybridized carbons (Fsp3) is 0.340. The molecule has 0 N–H and O–H groups in total. The Morgan fingerprint density at radius 1 is 0.537 bits per heavy atom. The lowest BCUT2D eigenvalue weighted by Crippen LogP contribution is -2.15. The van der Waals surface area contributed by atoms with E-state index in [1.807, 2.05) is 0 Å². The molecule has 0 amide bonds. The fourth-order valence-corrected chi connectivity index (χ4v) is 7.59. The van der Waals surface area contributed by atoms with Gasteiger partial charge in [-0.25, -0.2) is 15.0 Å². The lowest BCUT2D eigenvalue weighted by atomic mass is 9.82. The molecule has 0 aliphatic heterocycles. The Hall–Kier alpha value is -5.09. The van der Waals surface area contributed by atoms with Crippen LogP contribution in [-0.2, 0) is 24.8 Å². The van der Waals surface area contributed by atoms with Crippen molar-refractivity contribution in [1.82, 2.24) is 19.5 Å². The molecule has 0 saturated heterocycles. The maximum atomic E-state index is 4.98. The van der Waals surface area contributed by atoms with Gasteiger partial charge in [-0.1, -0.05) is 125 Å². The van der Waals surface area contributed by atoms with Crippen LogP contribution < -0.4 is 0 Å². The van der Waals surface area contributed by atoms with Crippen LogP contribution in [0.25, 0.3) is 56.0 Å². The zero-order chi connectivity index (χ0) is 38.0. The molecule has 7 rings (SSSR count). The number of nitrogens with zero attached hydrogens (tertiary/aromatic N) is 4. The van der Waals surface area contributed by atoms with Crippen LogP contribution in [0.3, 0.4) is 0 Å². The first kappa shape index (κ1) is 37.2. The molecule has 0 spiro atoms. The molecule has 0 saturated carbocycles. The molecule has 0 unspecified atom stereocenters. The zero-order valence-corrected chi connectivity index (χ0v) is 33.6. The SMILES string of the molecule is CCC(C)(C)c1ccc2c(c1)c1cc(CCCC(C)(C)C)ccc1n2CCCc1ccc(-c2nc(-c3cccc(C)c3)nc(-c3cccc(C)c3)n2)cc1. The highest BCUT2D eigenvalue weighted by atomic mass is 15.0. The first-order valence-corrected chi connectivity index (χ1v) is 19.9. The summed E-state index contributed by atoms with van der Waals surface area (Å²) in [6, 6.07) is 40.0. The van der Waals surface area contributed by atoms with E-state index in [2.05, 4.69) is 169 Å². The second kappa shape index (κ2) is 15.3. The Labute approximate surface area is 322 Å². The molecule has 0 atom stereocenters. The van der Waals surface area contributed by atoms with Crippen molar-refractivity contribution in [2.45, 2.75) is 106 Å². The first-order valence-electron chi connectivity index (χ1n) is 19.9. The normalized spacial score (nSPS) is 12.2. The summed E-state index contributed by atoms with van der Waals surface area (Å²) in [4.78, 5) is 14.9. The second-order valence-corrected chi connectivity index (χ2v) is 17.2. The molecule has 5 aromatic carbocycles. The average Bonchev–Trinajstić information content (AvgIpc) is 3.46. The van der Waals surface area contributed by atoms with Crippen molar-refractivity contribution in [3.63, 3.8) is 0 Å². The van der Waals surface area contributed by atoms with Crippen LogP contribution in [0.1, 0.15) is 95.0 Å². The van der Waals surface area contributed by atoms with Crippen molar-refractivity contribution in [1.29, 1.82) is 0 Å². The summed E-state index contributed by atoms with van der Waals surface area (Å²) in [7, 11) is 0. The largest absolute Gasteiger partial charge is 0.340 e. The molecule has 0 fully saturated rings. The minimum Gasteiger partial charge on any atom is -0.340 e. The fourth-order valence-electron chi connectivity index (χ4n) is 7.59. The van der Waals surface area contributed by atoms with Gasteiger partial charge in [-0.15, -0.1) is 0 Å². The standard InChI is InChI=1S/C50H56N4/c1-9-50(7,8)41-25-27-45-43(33-41)42-32-37(16-12-28-49(4,5)6)22-26-44(42)54(45)29-13-17-36-20-23-38(24-21-36)46-51-47(39-18-10-14-34(2)30-39)53-48(52-46)40-19-11-15-35(3)31-40/h10-11,14-15,18-27,30-33H,9,12-13,16-17,28-29H2,1-8H3. The van der Waals surface area contributed by atoms with Crippen LogP contribution in [0.2, 0.25) is 0 Å². The van der Waals surface area contributed by atoms with E-state index in [9.17, 15) is 0 Å². The summed E-state index contributed by atoms with van der Waals surface area (Å²) in [5.41, 5.74) is 12.7. The number of hydrogen-bond acceptors (Lipinski definition) is 3. The predicted molar refractivity (Wildman–Crippen MR) is 229 cm³/mol. The Morgan fingerprint density at radius 2 is 1.07 bits per heavy atom. The van der Waals surface area contributed by atoms with Crippen LogP contribution in [0.4, 0.5) is 0 Å². The minimum absolute atomic E-state index is 0.144. The molecule has 54 heavy (non-hydrogen) atoms. The van der Waals surface area contributed by atoms with Gasteiger partial charge < -0.3 is 4.57 Å². The molecule has 4 nitrogen and oxygen atoms in total. The Kier molecular flexibility index (Phi) is 10.6. The van der Waals surface area contributed by atoms with Crippen molar-refractivity contribution in [2.75, 3.05) is 0 Å². The van der Waals surface area contributed by atoms with Crippen molar-refractivity contribution in [3.8, 4) is 34.2 Å². The average molecular weight is 713 g/mol. The summed E-state index contributed by atoms with van der Waals surface area (Å²) in [5.74, 6) is 2.08. The third kappa shape index (κ3) is 8.34. The maximum Gasteiger partial charge on any atom is 0.164 e. The van der Waals surface area contributed by atoms with Gasteiger partial charge in [-0.2, -0.15) is 0 Å². The van der Waals surface area contributed by atoms with Gasteiger partial charge >= 0.3 is 0 Å². The summed E-state index contributed by atoms with van der Waals surface area (Å²) in [6.45, 7) is 19.2. The first-order chi connectivity index (χ1) is 25.9. The molecule has 2 aromatic heterocycles. The number of hydrogen-bond donors (Lipinski definition) is 0. The lowest BCUT2D eigenvalue weighted by Gasteiger charge is -2.23.